The number of hydrogen-bond donors (Lipinski definition) is 0. The van der Waals surface area contributed by atoms with Crippen LogP contribution in [0.3, 0.4) is 0 Å². The third-order valence-electron chi connectivity index (χ3n) is 14.5. The van der Waals surface area contributed by atoms with Crippen LogP contribution in [0.5, 0.6) is 0 Å². The number of rotatable bonds is 2. The lowest BCUT2D eigenvalue weighted by Crippen LogP contribution is -2.14. The topological polar surface area (TPSA) is 38.0 Å². The summed E-state index contributed by atoms with van der Waals surface area (Å²) >= 11 is 0. The summed E-state index contributed by atoms with van der Waals surface area (Å²) in [6.07, 6.45) is 0. The van der Waals surface area contributed by atoms with E-state index >= 15 is 0 Å². The van der Waals surface area contributed by atoms with Gasteiger partial charge in [0.2, 0.25) is 5.69 Å². The largest absolute Gasteiger partial charge is 0.318 e. The lowest BCUT2D eigenvalue weighted by atomic mass is 9.82. The van der Waals surface area contributed by atoms with Crippen LogP contribution in [0, 0.1) is 17.9 Å². The van der Waals surface area contributed by atoms with Gasteiger partial charge in [-0.1, -0.05) is 161 Å². The molecule has 4 heteroatoms. The normalized spacial score (nSPS) is 14.4. The summed E-state index contributed by atoms with van der Waals surface area (Å²) < 4.78 is 4.56. The molecule has 2 heterocycles. The zero-order valence-electron chi connectivity index (χ0n) is 34.8. The molecule has 0 bridgehead atoms. The molecule has 0 saturated carbocycles. The van der Waals surface area contributed by atoms with E-state index in [-0.39, 0.29) is 10.8 Å². The Balaban J connectivity index is 1.16. The van der Waals surface area contributed by atoms with Crippen LogP contribution in [-0.4, -0.2) is 9.13 Å². The van der Waals surface area contributed by atoms with Crippen molar-refractivity contribution in [3.05, 3.63) is 197 Å². The summed E-state index contributed by atoms with van der Waals surface area (Å²) in [5, 5.41) is 20.7. The van der Waals surface area contributed by atoms with Gasteiger partial charge in [0, 0.05) is 43.5 Å². The highest BCUT2D eigenvalue weighted by molar-refractivity contribution is 6.20. The monoisotopic (exact) mass is 790 g/mol. The van der Waals surface area contributed by atoms with E-state index in [2.05, 4.69) is 193 Å². The van der Waals surface area contributed by atoms with E-state index in [1.807, 2.05) is 12.1 Å². The number of benzene rings is 9. The minimum atomic E-state index is -0.247. The van der Waals surface area contributed by atoms with Crippen molar-refractivity contribution < 1.29 is 0 Å². The maximum Gasteiger partial charge on any atom is 0.212 e. The summed E-state index contributed by atoms with van der Waals surface area (Å²) in [4.78, 5) is 4.34. The standard InChI is InChI=1S/C58H38N4/c1-57(2)42-26-22-33-14-6-8-16-36(33)51(42)53-44(57)28-24-40-38-18-10-12-20-47(38)61(55(40)53)49-31-46(60-5)50(30-35(49)32-59)62-48-21-13-11-19-39(48)41-25-29-45-54(56(41)62)52-37-17-9-7-15-34(37)23-27-43(52)58(45,3)4/h6-31H,1-4H3. The van der Waals surface area contributed by atoms with Gasteiger partial charge in [-0.3, -0.25) is 0 Å². The smallest absolute Gasteiger partial charge is 0.212 e. The van der Waals surface area contributed by atoms with Crippen molar-refractivity contribution >= 4 is 70.8 Å². The second-order valence-electron chi connectivity index (χ2n) is 18.2. The molecule has 4 nitrogen and oxygen atoms in total. The van der Waals surface area contributed by atoms with Crippen LogP contribution in [0.25, 0.3) is 104 Å². The van der Waals surface area contributed by atoms with Gasteiger partial charge in [0.25, 0.3) is 0 Å². The Morgan fingerprint density at radius 3 is 1.35 bits per heavy atom. The molecule has 0 spiro atoms. The van der Waals surface area contributed by atoms with E-state index in [9.17, 15) is 5.26 Å². The highest BCUT2D eigenvalue weighted by Gasteiger charge is 2.41. The highest BCUT2D eigenvalue weighted by Crippen LogP contribution is 2.57. The molecule has 0 aliphatic heterocycles. The zero-order valence-corrected chi connectivity index (χ0v) is 34.8. The SMILES string of the molecule is [C-]#[N+]c1cc(-n2c3ccccc3c3ccc4c(c32)-c2c(ccc3ccccc23)C4(C)C)c(C#N)cc1-n1c2ccccc2c2ccc3c(c21)-c1c(ccc2ccccc12)C3(C)C. The molecular formula is C58H38N4. The molecule has 2 aliphatic carbocycles. The van der Waals surface area contributed by atoms with E-state index in [0.717, 1.165) is 43.6 Å². The first-order valence-corrected chi connectivity index (χ1v) is 21.4. The fourth-order valence-electron chi connectivity index (χ4n) is 11.7. The van der Waals surface area contributed by atoms with Gasteiger partial charge < -0.3 is 9.13 Å². The number of para-hydroxylation sites is 2. The van der Waals surface area contributed by atoms with E-state index in [1.54, 1.807) is 0 Å². The van der Waals surface area contributed by atoms with Crippen molar-refractivity contribution in [3.8, 4) is 39.7 Å². The molecule has 0 N–H and O–H groups in total. The summed E-state index contributed by atoms with van der Waals surface area (Å²) in [5.41, 5.74) is 16.0. The number of nitrogens with zero attached hydrogens (tertiary/aromatic N) is 4. The van der Waals surface area contributed by atoms with Gasteiger partial charge in [0.15, 0.2) is 0 Å². The van der Waals surface area contributed by atoms with Crippen molar-refractivity contribution in [2.45, 2.75) is 38.5 Å². The highest BCUT2D eigenvalue weighted by atomic mass is 15.0. The van der Waals surface area contributed by atoms with Crippen molar-refractivity contribution in [1.82, 2.24) is 9.13 Å². The van der Waals surface area contributed by atoms with Gasteiger partial charge in [-0.25, -0.2) is 4.85 Å². The molecule has 0 fully saturated rings. The second kappa shape index (κ2) is 11.9. The molecular weight excluding hydrogens is 753 g/mol. The fraction of sp³-hybridized carbons (Fsp3) is 0.103. The summed E-state index contributed by atoms with van der Waals surface area (Å²) in [5.74, 6) is 0. The molecule has 9 aromatic carbocycles. The average Bonchev–Trinajstić information content (AvgIpc) is 3.97. The van der Waals surface area contributed by atoms with Crippen LogP contribution < -0.4 is 0 Å². The van der Waals surface area contributed by atoms with Gasteiger partial charge in [-0.2, -0.15) is 5.26 Å². The van der Waals surface area contributed by atoms with Crippen molar-refractivity contribution in [2.24, 2.45) is 0 Å². The van der Waals surface area contributed by atoms with Crippen LogP contribution in [0.2, 0.25) is 0 Å². The summed E-state index contributed by atoms with van der Waals surface area (Å²) in [6.45, 7) is 18.2. The third-order valence-corrected chi connectivity index (χ3v) is 14.5. The van der Waals surface area contributed by atoms with Crippen molar-refractivity contribution in [2.75, 3.05) is 0 Å². The quantitative estimate of drug-likeness (QED) is 0.161. The molecule has 2 aromatic heterocycles. The summed E-state index contributed by atoms with van der Waals surface area (Å²) in [6, 6.07) is 59.2. The molecule has 0 saturated heterocycles. The fourth-order valence-corrected chi connectivity index (χ4v) is 11.7. The van der Waals surface area contributed by atoms with Gasteiger partial charge in [0.05, 0.1) is 45.6 Å². The Hall–Kier alpha value is -7.92. The first-order chi connectivity index (χ1) is 30.2. The van der Waals surface area contributed by atoms with E-state index in [0.29, 0.717) is 22.6 Å². The number of hydrogen-bond acceptors (Lipinski definition) is 1. The second-order valence-corrected chi connectivity index (χ2v) is 18.2. The van der Waals surface area contributed by atoms with Gasteiger partial charge >= 0.3 is 0 Å². The minimum Gasteiger partial charge on any atom is -0.318 e. The predicted molar refractivity (Wildman–Crippen MR) is 256 cm³/mol. The average molecular weight is 791 g/mol. The summed E-state index contributed by atoms with van der Waals surface area (Å²) in [7, 11) is 0. The first kappa shape index (κ1) is 34.9. The first-order valence-electron chi connectivity index (χ1n) is 21.4. The van der Waals surface area contributed by atoms with Crippen LogP contribution in [0.1, 0.15) is 55.5 Å². The molecule has 62 heavy (non-hydrogen) atoms. The van der Waals surface area contributed by atoms with Gasteiger partial charge in [-0.15, -0.1) is 0 Å². The lowest BCUT2D eigenvalue weighted by molar-refractivity contribution is 0.661. The zero-order chi connectivity index (χ0) is 41.8. The molecule has 0 radical (unpaired) electrons. The van der Waals surface area contributed by atoms with E-state index in [4.69, 9.17) is 6.57 Å². The minimum absolute atomic E-state index is 0.246. The Labute approximate surface area is 358 Å². The third kappa shape index (κ3) is 4.19. The van der Waals surface area contributed by atoms with Gasteiger partial charge in [0.1, 0.15) is 6.07 Å². The van der Waals surface area contributed by atoms with E-state index in [1.165, 1.54) is 66.1 Å². The van der Waals surface area contributed by atoms with E-state index < -0.39 is 0 Å². The van der Waals surface area contributed by atoms with Crippen molar-refractivity contribution in [1.29, 1.82) is 5.26 Å². The molecule has 0 amide bonds. The van der Waals surface area contributed by atoms with Gasteiger partial charge in [-0.05, 0) is 79.2 Å². The molecule has 13 rings (SSSR count). The number of nitriles is 1. The van der Waals surface area contributed by atoms with Crippen LogP contribution in [0.4, 0.5) is 5.69 Å². The maximum absolute atomic E-state index is 11.4. The van der Waals surface area contributed by atoms with Crippen LogP contribution >= 0.6 is 0 Å². The molecule has 11 aromatic rings. The molecule has 0 unspecified atom stereocenters. The molecule has 0 atom stereocenters. The Morgan fingerprint density at radius 1 is 0.452 bits per heavy atom. The number of aromatic nitrogens is 2. The van der Waals surface area contributed by atoms with Crippen LogP contribution in [-0.2, 0) is 10.8 Å². The van der Waals surface area contributed by atoms with Crippen LogP contribution in [0.15, 0.2) is 158 Å². The Bertz CT molecular complexity index is 3690. The Kier molecular flexibility index (Phi) is 6.69. The predicted octanol–water partition coefficient (Wildman–Crippen LogP) is 15.2. The number of fused-ring (bicyclic) bond motifs is 18. The Morgan fingerprint density at radius 2 is 0.871 bits per heavy atom. The maximum atomic E-state index is 11.4. The van der Waals surface area contributed by atoms with Crippen molar-refractivity contribution in [3.63, 3.8) is 0 Å². The lowest BCUT2D eigenvalue weighted by Gasteiger charge is -2.22. The molecule has 2 aliphatic rings. The molecule has 290 valence electrons.